The number of nitrogens with one attached hydrogen (secondary N) is 1. The van der Waals surface area contributed by atoms with Crippen LogP contribution in [-0.2, 0) is 21.2 Å². The maximum Gasteiger partial charge on any atom is 0.238 e. The highest BCUT2D eigenvalue weighted by Crippen LogP contribution is 2.21. The Hall–Kier alpha value is -1.83. The van der Waals surface area contributed by atoms with Gasteiger partial charge in [0.25, 0.3) is 0 Å². The lowest BCUT2D eigenvalue weighted by Gasteiger charge is -2.26. The summed E-state index contributed by atoms with van der Waals surface area (Å²) in [5.74, 6) is 0.693. The molecule has 1 N–H and O–H groups in total. The Morgan fingerprint density at radius 3 is 2.80 bits per heavy atom. The predicted molar refractivity (Wildman–Crippen MR) is 96.3 cm³/mol. The van der Waals surface area contributed by atoms with Gasteiger partial charge in [0.05, 0.1) is 30.9 Å². The Morgan fingerprint density at radius 1 is 1.32 bits per heavy atom. The fourth-order valence-electron chi connectivity index (χ4n) is 2.93. The third kappa shape index (κ3) is 5.07. The van der Waals surface area contributed by atoms with Gasteiger partial charge in [-0.1, -0.05) is 17.7 Å². The van der Waals surface area contributed by atoms with E-state index in [-0.39, 0.29) is 30.0 Å². The summed E-state index contributed by atoms with van der Waals surface area (Å²) in [5, 5.41) is 3.33. The van der Waals surface area contributed by atoms with Gasteiger partial charge in [-0.2, -0.15) is 0 Å². The average Bonchev–Trinajstić information content (AvgIpc) is 3.16. The Bertz CT molecular complexity index is 836. The van der Waals surface area contributed by atoms with E-state index in [1.807, 2.05) is 11.0 Å². The van der Waals surface area contributed by atoms with Crippen molar-refractivity contribution in [3.8, 4) is 0 Å². The maximum atomic E-state index is 12.4. The van der Waals surface area contributed by atoms with E-state index < -0.39 is 9.84 Å². The maximum absolute atomic E-state index is 12.4. The van der Waals surface area contributed by atoms with E-state index in [1.54, 1.807) is 36.6 Å². The van der Waals surface area contributed by atoms with Crippen LogP contribution in [-0.4, -0.2) is 43.3 Å². The van der Waals surface area contributed by atoms with E-state index in [1.165, 1.54) is 0 Å². The fraction of sp³-hybridized carbons (Fsp3) is 0.353. The first-order chi connectivity index (χ1) is 11.9. The van der Waals surface area contributed by atoms with Crippen LogP contribution in [0.2, 0.25) is 5.02 Å². The molecule has 1 fully saturated rings. The van der Waals surface area contributed by atoms with Crippen molar-refractivity contribution in [3.63, 3.8) is 0 Å². The van der Waals surface area contributed by atoms with Crippen LogP contribution in [0.3, 0.4) is 0 Å². The van der Waals surface area contributed by atoms with Gasteiger partial charge in [0, 0.05) is 16.8 Å². The van der Waals surface area contributed by atoms with E-state index in [0.29, 0.717) is 29.4 Å². The van der Waals surface area contributed by atoms with E-state index in [9.17, 15) is 13.2 Å². The zero-order valence-corrected chi connectivity index (χ0v) is 15.1. The number of halogens is 1. The minimum Gasteiger partial charge on any atom is -0.468 e. The molecular formula is C17H19ClN2O4S. The highest BCUT2D eigenvalue weighted by molar-refractivity contribution is 7.91. The number of hydrogen-bond acceptors (Lipinski definition) is 5. The molecule has 0 radical (unpaired) electrons. The van der Waals surface area contributed by atoms with Gasteiger partial charge < -0.3 is 9.73 Å². The third-order valence-corrected chi connectivity index (χ3v) is 6.10. The molecule has 1 saturated heterocycles. The van der Waals surface area contributed by atoms with Crippen molar-refractivity contribution in [1.82, 2.24) is 4.90 Å². The van der Waals surface area contributed by atoms with Gasteiger partial charge in [0.15, 0.2) is 9.84 Å². The summed E-state index contributed by atoms with van der Waals surface area (Å²) in [6.45, 7) is 0.462. The Labute approximate surface area is 151 Å². The lowest BCUT2D eigenvalue weighted by molar-refractivity contribution is -0.118. The molecule has 25 heavy (non-hydrogen) atoms. The molecule has 0 unspecified atom stereocenters. The predicted octanol–water partition coefficient (Wildman–Crippen LogP) is 2.56. The van der Waals surface area contributed by atoms with E-state index in [2.05, 4.69) is 5.32 Å². The standard InChI is InChI=1S/C17H19ClN2O4S/c18-13-3-1-4-14(9-13)19-17(21)11-20(10-16-5-2-7-24-16)15-6-8-25(22,23)12-15/h1-5,7,9,15H,6,8,10-12H2,(H,19,21)/t15-/m1/s1. The van der Waals surface area contributed by atoms with Crippen LogP contribution in [0.5, 0.6) is 0 Å². The quantitative estimate of drug-likeness (QED) is 0.830. The van der Waals surface area contributed by atoms with Crippen molar-refractivity contribution in [2.45, 2.75) is 19.0 Å². The summed E-state index contributed by atoms with van der Waals surface area (Å²) in [5.41, 5.74) is 0.606. The van der Waals surface area contributed by atoms with Crippen molar-refractivity contribution in [1.29, 1.82) is 0 Å². The number of anilines is 1. The van der Waals surface area contributed by atoms with Crippen LogP contribution in [0.15, 0.2) is 47.1 Å². The number of benzene rings is 1. The van der Waals surface area contributed by atoms with E-state index in [0.717, 1.165) is 0 Å². The van der Waals surface area contributed by atoms with Gasteiger partial charge in [-0.05, 0) is 36.8 Å². The molecule has 3 rings (SSSR count). The lowest BCUT2D eigenvalue weighted by Crippen LogP contribution is -2.41. The number of amides is 1. The van der Waals surface area contributed by atoms with E-state index >= 15 is 0 Å². The number of carbonyl (C=O) groups is 1. The molecule has 0 spiro atoms. The van der Waals surface area contributed by atoms with Crippen LogP contribution >= 0.6 is 11.6 Å². The van der Waals surface area contributed by atoms with Crippen molar-refractivity contribution in [3.05, 3.63) is 53.4 Å². The van der Waals surface area contributed by atoms with Gasteiger partial charge in [-0.25, -0.2) is 8.42 Å². The van der Waals surface area contributed by atoms with Crippen LogP contribution < -0.4 is 5.32 Å². The van der Waals surface area contributed by atoms with Crippen LogP contribution in [0.4, 0.5) is 5.69 Å². The summed E-state index contributed by atoms with van der Waals surface area (Å²) in [6, 6.07) is 10.3. The molecule has 0 aliphatic carbocycles. The van der Waals surface area contributed by atoms with Gasteiger partial charge in [0.2, 0.25) is 5.91 Å². The van der Waals surface area contributed by atoms with Crippen LogP contribution in [0.25, 0.3) is 0 Å². The molecule has 1 aliphatic heterocycles. The minimum atomic E-state index is -3.04. The first kappa shape index (κ1) is 18.0. The highest BCUT2D eigenvalue weighted by atomic mass is 35.5. The first-order valence-electron chi connectivity index (χ1n) is 7.93. The molecule has 6 nitrogen and oxygen atoms in total. The van der Waals surface area contributed by atoms with Gasteiger partial charge >= 0.3 is 0 Å². The molecule has 8 heteroatoms. The Morgan fingerprint density at radius 2 is 2.16 bits per heavy atom. The van der Waals surface area contributed by atoms with Gasteiger partial charge in [-0.15, -0.1) is 0 Å². The van der Waals surface area contributed by atoms with Crippen molar-refractivity contribution < 1.29 is 17.6 Å². The first-order valence-corrected chi connectivity index (χ1v) is 10.1. The van der Waals surface area contributed by atoms with E-state index in [4.69, 9.17) is 16.0 Å². The van der Waals surface area contributed by atoms with Gasteiger partial charge in [-0.3, -0.25) is 9.69 Å². The van der Waals surface area contributed by atoms with Crippen LogP contribution in [0.1, 0.15) is 12.2 Å². The molecule has 1 aromatic carbocycles. The molecule has 0 bridgehead atoms. The Balaban J connectivity index is 1.69. The second-order valence-corrected chi connectivity index (χ2v) is 8.76. The fourth-order valence-corrected chi connectivity index (χ4v) is 4.88. The zero-order chi connectivity index (χ0) is 17.9. The van der Waals surface area contributed by atoms with Crippen molar-refractivity contribution in [2.75, 3.05) is 23.4 Å². The second-order valence-electron chi connectivity index (χ2n) is 6.10. The smallest absolute Gasteiger partial charge is 0.238 e. The topological polar surface area (TPSA) is 79.6 Å². The summed E-state index contributed by atoms with van der Waals surface area (Å²) < 4.78 is 28.9. The molecule has 134 valence electrons. The number of hydrogen-bond donors (Lipinski definition) is 1. The molecular weight excluding hydrogens is 364 g/mol. The number of nitrogens with zero attached hydrogens (tertiary/aromatic N) is 1. The summed E-state index contributed by atoms with van der Waals surface area (Å²) in [7, 11) is -3.04. The minimum absolute atomic E-state index is 0.0676. The average molecular weight is 383 g/mol. The highest BCUT2D eigenvalue weighted by Gasteiger charge is 2.33. The molecule has 1 aliphatic rings. The summed E-state index contributed by atoms with van der Waals surface area (Å²) in [6.07, 6.45) is 2.08. The second kappa shape index (κ2) is 7.59. The van der Waals surface area contributed by atoms with Crippen LogP contribution in [0, 0.1) is 0 Å². The monoisotopic (exact) mass is 382 g/mol. The summed E-state index contributed by atoms with van der Waals surface area (Å²) >= 11 is 5.92. The molecule has 1 atom stereocenters. The largest absolute Gasteiger partial charge is 0.468 e. The van der Waals surface area contributed by atoms with Crippen molar-refractivity contribution in [2.24, 2.45) is 0 Å². The number of sulfone groups is 1. The molecule has 2 heterocycles. The Kier molecular flexibility index (Phi) is 5.46. The zero-order valence-electron chi connectivity index (χ0n) is 13.5. The molecule has 0 saturated carbocycles. The number of carbonyl (C=O) groups excluding carboxylic acids is 1. The molecule has 2 aromatic rings. The summed E-state index contributed by atoms with van der Waals surface area (Å²) in [4.78, 5) is 14.3. The molecule has 1 amide bonds. The lowest BCUT2D eigenvalue weighted by atomic mass is 10.2. The third-order valence-electron chi connectivity index (χ3n) is 4.12. The normalized spacial score (nSPS) is 19.2. The SMILES string of the molecule is O=C(CN(Cc1ccco1)[C@@H]1CCS(=O)(=O)C1)Nc1cccc(Cl)c1. The number of furan rings is 1. The van der Waals surface area contributed by atoms with Gasteiger partial charge in [0.1, 0.15) is 5.76 Å². The molecule has 1 aromatic heterocycles. The van der Waals surface area contributed by atoms with Crippen molar-refractivity contribution >= 4 is 33.0 Å². The number of rotatable bonds is 6.